The Bertz CT molecular complexity index is 1860. The summed E-state index contributed by atoms with van der Waals surface area (Å²) in [6, 6.07) is 9.68. The first-order valence-corrected chi connectivity index (χ1v) is 16.6. The van der Waals surface area contributed by atoms with Gasteiger partial charge < -0.3 is 0 Å². The molecule has 1 saturated heterocycles. The van der Waals surface area contributed by atoms with Gasteiger partial charge in [0.2, 0.25) is 0 Å². The normalized spacial score (nSPS) is 14.1. The van der Waals surface area contributed by atoms with E-state index in [1.807, 2.05) is 4.72 Å². The zero-order valence-electron chi connectivity index (χ0n) is 24.1. The van der Waals surface area contributed by atoms with Crippen molar-refractivity contribution in [2.24, 2.45) is 0 Å². The fourth-order valence-electron chi connectivity index (χ4n) is 4.94. The molecule has 15 heteroatoms. The topological polar surface area (TPSA) is 96.3 Å². The third-order valence-corrected chi connectivity index (χ3v) is 10.1. The average Bonchev–Trinajstić information content (AvgIpc) is 3.64. The monoisotopic (exact) mass is 681 g/mol. The second kappa shape index (κ2) is 13.0. The van der Waals surface area contributed by atoms with Crippen molar-refractivity contribution in [1.82, 2.24) is 24.7 Å². The van der Waals surface area contributed by atoms with Gasteiger partial charge in [0.15, 0.2) is 16.8 Å². The van der Waals surface area contributed by atoms with Crippen molar-refractivity contribution in [1.29, 1.82) is 0 Å². The third-order valence-electron chi connectivity index (χ3n) is 7.45. The lowest BCUT2D eigenvalue weighted by Gasteiger charge is -2.27. The van der Waals surface area contributed by atoms with E-state index in [1.165, 1.54) is 41.1 Å². The molecule has 1 aromatic heterocycles. The molecule has 2 N–H and O–H groups in total. The summed E-state index contributed by atoms with van der Waals surface area (Å²) >= 11 is 7.59. The van der Waals surface area contributed by atoms with E-state index in [0.717, 1.165) is 48.9 Å². The van der Waals surface area contributed by atoms with Gasteiger partial charge in [-0.25, -0.2) is 45.5 Å². The molecule has 0 unspecified atom stereocenters. The number of amides is 2. The Morgan fingerprint density at radius 1 is 0.978 bits per heavy atom. The number of nitrogens with zero attached hydrogens (tertiary/aromatic N) is 3. The van der Waals surface area contributed by atoms with Crippen LogP contribution < -0.4 is 10.1 Å². The minimum Gasteiger partial charge on any atom is -0.288 e. The summed E-state index contributed by atoms with van der Waals surface area (Å²) < 4.78 is 85.9. The highest BCUT2D eigenvalue weighted by molar-refractivity contribution is 7.98. The number of imidazole rings is 1. The fourth-order valence-corrected chi connectivity index (χ4v) is 7.25. The van der Waals surface area contributed by atoms with Gasteiger partial charge in [0.1, 0.15) is 11.6 Å². The first kappa shape index (κ1) is 32.8. The summed E-state index contributed by atoms with van der Waals surface area (Å²) in [4.78, 5) is 16.5. The van der Waals surface area contributed by atoms with E-state index < -0.39 is 44.7 Å². The molecule has 8 nitrogen and oxygen atoms in total. The maximum absolute atomic E-state index is 15.1. The number of urea groups is 1. The molecule has 0 spiro atoms. The standard InChI is InChI=1S/C30H28ClF4N5O3S2/c1-30(2,19-6-9-23(33)24(34)13-19)27-16-36-29(40(27)26-10-7-20(32)14-25(26)35)44-17-18-5-8-21(15-22(18)31)45(42,43)38-28(41)37-39-11-3-4-12-39/h5-10,13-16H,3-4,11-12,17H2,1-2H3,(H2,37,38,41). The second-order valence-corrected chi connectivity index (χ2v) is 13.9. The Labute approximate surface area is 266 Å². The van der Waals surface area contributed by atoms with Crippen LogP contribution in [0, 0.1) is 23.3 Å². The highest BCUT2D eigenvalue weighted by Crippen LogP contribution is 2.38. The molecule has 1 aliphatic rings. The number of hydrogen-bond donors (Lipinski definition) is 2. The molecule has 2 heterocycles. The molecule has 0 bridgehead atoms. The van der Waals surface area contributed by atoms with Crippen LogP contribution in [-0.2, 0) is 21.2 Å². The van der Waals surface area contributed by atoms with Crippen molar-refractivity contribution >= 4 is 39.4 Å². The predicted molar refractivity (Wildman–Crippen MR) is 163 cm³/mol. The second-order valence-electron chi connectivity index (χ2n) is 10.9. The Morgan fingerprint density at radius 3 is 2.38 bits per heavy atom. The van der Waals surface area contributed by atoms with Gasteiger partial charge in [-0.15, -0.1) is 0 Å². The number of thioether (sulfide) groups is 1. The van der Waals surface area contributed by atoms with Crippen molar-refractivity contribution in [3.63, 3.8) is 0 Å². The van der Waals surface area contributed by atoms with Crippen LogP contribution in [0.25, 0.3) is 5.69 Å². The third kappa shape index (κ3) is 7.13. The first-order chi connectivity index (χ1) is 21.3. The van der Waals surface area contributed by atoms with Crippen LogP contribution in [-0.4, -0.2) is 42.1 Å². The molecule has 2 amide bonds. The van der Waals surface area contributed by atoms with Crippen molar-refractivity contribution in [3.8, 4) is 5.69 Å². The van der Waals surface area contributed by atoms with Crippen molar-refractivity contribution in [3.05, 3.63) is 106 Å². The maximum atomic E-state index is 15.1. The Morgan fingerprint density at radius 2 is 1.71 bits per heavy atom. The van der Waals surface area contributed by atoms with Crippen LogP contribution in [0.1, 0.15) is 43.5 Å². The smallest absolute Gasteiger partial charge is 0.288 e. The lowest BCUT2D eigenvalue weighted by atomic mass is 9.81. The van der Waals surface area contributed by atoms with Crippen molar-refractivity contribution < 1.29 is 30.8 Å². The van der Waals surface area contributed by atoms with E-state index >= 15 is 4.39 Å². The predicted octanol–water partition coefficient (Wildman–Crippen LogP) is 6.70. The van der Waals surface area contributed by atoms with Gasteiger partial charge >= 0.3 is 6.03 Å². The number of benzene rings is 3. The molecular weight excluding hydrogens is 654 g/mol. The molecule has 4 aromatic rings. The van der Waals surface area contributed by atoms with Gasteiger partial charge in [0, 0.05) is 35.3 Å². The van der Waals surface area contributed by atoms with Crippen LogP contribution in [0.15, 0.2) is 70.8 Å². The SMILES string of the molecule is CC(C)(c1ccc(F)c(F)c1)c1cnc(SCc2ccc(S(=O)(=O)NC(=O)NN3CCCC3)cc2Cl)n1-c1ccc(F)cc1F. The van der Waals surface area contributed by atoms with Gasteiger partial charge in [-0.1, -0.05) is 49.3 Å². The van der Waals surface area contributed by atoms with E-state index in [1.54, 1.807) is 18.9 Å². The van der Waals surface area contributed by atoms with Crippen molar-refractivity contribution in [2.75, 3.05) is 13.1 Å². The van der Waals surface area contributed by atoms with Crippen LogP contribution in [0.3, 0.4) is 0 Å². The van der Waals surface area contributed by atoms with E-state index in [4.69, 9.17) is 11.6 Å². The molecule has 0 radical (unpaired) electrons. The molecule has 45 heavy (non-hydrogen) atoms. The van der Waals surface area contributed by atoms with E-state index in [9.17, 15) is 26.4 Å². The summed E-state index contributed by atoms with van der Waals surface area (Å²) in [7, 11) is -4.22. The molecule has 0 aliphatic carbocycles. The van der Waals surface area contributed by atoms with Crippen LogP contribution in [0.5, 0.6) is 0 Å². The number of hydrogen-bond acceptors (Lipinski definition) is 6. The van der Waals surface area contributed by atoms with Crippen LogP contribution in [0.2, 0.25) is 5.02 Å². The summed E-state index contributed by atoms with van der Waals surface area (Å²) in [5.74, 6) is -3.55. The number of sulfonamides is 1. The quantitative estimate of drug-likeness (QED) is 0.151. The molecule has 1 aliphatic heterocycles. The highest BCUT2D eigenvalue weighted by atomic mass is 35.5. The first-order valence-electron chi connectivity index (χ1n) is 13.7. The number of rotatable bonds is 9. The fraction of sp³-hybridized carbons (Fsp3) is 0.267. The highest BCUT2D eigenvalue weighted by Gasteiger charge is 2.31. The Hall–Kier alpha value is -3.59. The van der Waals surface area contributed by atoms with Crippen LogP contribution in [0.4, 0.5) is 22.4 Å². The number of carbonyl (C=O) groups is 1. The zero-order chi connectivity index (χ0) is 32.5. The maximum Gasteiger partial charge on any atom is 0.343 e. The Balaban J connectivity index is 1.42. The summed E-state index contributed by atoms with van der Waals surface area (Å²) in [5.41, 5.74) is 2.78. The van der Waals surface area contributed by atoms with E-state index in [2.05, 4.69) is 10.4 Å². The van der Waals surface area contributed by atoms with E-state index in [-0.39, 0.29) is 26.5 Å². The zero-order valence-corrected chi connectivity index (χ0v) is 26.5. The van der Waals surface area contributed by atoms with Gasteiger partial charge in [-0.05, 0) is 60.4 Å². The summed E-state index contributed by atoms with van der Waals surface area (Å²) in [6.45, 7) is 4.72. The van der Waals surface area contributed by atoms with Gasteiger partial charge in [-0.2, -0.15) is 0 Å². The largest absolute Gasteiger partial charge is 0.343 e. The van der Waals surface area contributed by atoms with Gasteiger partial charge in [0.25, 0.3) is 10.0 Å². The minimum atomic E-state index is -4.22. The lowest BCUT2D eigenvalue weighted by Crippen LogP contribution is -2.47. The lowest BCUT2D eigenvalue weighted by molar-refractivity contribution is 0.202. The molecule has 5 rings (SSSR count). The number of hydrazine groups is 1. The molecular formula is C30H28ClF4N5O3S2. The molecule has 1 fully saturated rings. The van der Waals surface area contributed by atoms with Crippen molar-refractivity contribution in [2.45, 2.75) is 47.9 Å². The number of nitrogens with one attached hydrogen (secondary N) is 2. The number of carbonyl (C=O) groups excluding carboxylic acids is 1. The Kier molecular flexibility index (Phi) is 9.49. The molecule has 238 valence electrons. The van der Waals surface area contributed by atoms with Crippen LogP contribution >= 0.6 is 23.4 Å². The van der Waals surface area contributed by atoms with Gasteiger partial charge in [-0.3, -0.25) is 9.99 Å². The molecule has 0 saturated carbocycles. The van der Waals surface area contributed by atoms with E-state index in [0.29, 0.717) is 29.9 Å². The molecule has 3 aromatic carbocycles. The van der Waals surface area contributed by atoms with Gasteiger partial charge in [0.05, 0.1) is 22.5 Å². The number of aromatic nitrogens is 2. The number of halogens is 5. The minimum absolute atomic E-state index is 0.0205. The summed E-state index contributed by atoms with van der Waals surface area (Å²) in [6.07, 6.45) is 3.27. The summed E-state index contributed by atoms with van der Waals surface area (Å²) in [5, 5.41) is 2.00. The molecule has 0 atom stereocenters. The average molecular weight is 682 g/mol.